The molecule has 1 aromatic heterocycles. The topological polar surface area (TPSA) is 47.1 Å². The molecule has 20 heavy (non-hydrogen) atoms. The van der Waals surface area contributed by atoms with E-state index in [0.717, 1.165) is 24.4 Å². The van der Waals surface area contributed by atoms with E-state index in [-0.39, 0.29) is 5.82 Å². The van der Waals surface area contributed by atoms with E-state index in [2.05, 4.69) is 12.0 Å². The molecular weight excluding hydrogens is 255 g/mol. The molecular formula is C15H21FN4. The number of hydrogen-bond donors (Lipinski definition) is 1. The van der Waals surface area contributed by atoms with Gasteiger partial charge in [-0.25, -0.2) is 4.39 Å². The van der Waals surface area contributed by atoms with Crippen LogP contribution in [0.25, 0.3) is 0 Å². The molecule has 2 N–H and O–H groups in total. The third-order valence-electron chi connectivity index (χ3n) is 3.33. The summed E-state index contributed by atoms with van der Waals surface area (Å²) >= 11 is 0. The lowest BCUT2D eigenvalue weighted by Crippen LogP contribution is -2.21. The van der Waals surface area contributed by atoms with Crippen molar-refractivity contribution in [2.75, 3.05) is 17.2 Å². The van der Waals surface area contributed by atoms with Crippen molar-refractivity contribution in [3.63, 3.8) is 0 Å². The van der Waals surface area contributed by atoms with Crippen molar-refractivity contribution in [2.24, 2.45) is 7.05 Å². The molecule has 1 heterocycles. The monoisotopic (exact) mass is 276 g/mol. The molecule has 0 fully saturated rings. The predicted molar refractivity (Wildman–Crippen MR) is 80.7 cm³/mol. The van der Waals surface area contributed by atoms with Crippen molar-refractivity contribution >= 4 is 17.2 Å². The van der Waals surface area contributed by atoms with Crippen molar-refractivity contribution < 1.29 is 4.39 Å². The fourth-order valence-electron chi connectivity index (χ4n) is 2.43. The molecule has 1 aromatic carbocycles. The van der Waals surface area contributed by atoms with Crippen LogP contribution < -0.4 is 10.6 Å². The summed E-state index contributed by atoms with van der Waals surface area (Å²) in [6, 6.07) is 6.71. The molecule has 0 saturated carbocycles. The van der Waals surface area contributed by atoms with Gasteiger partial charge in [0.25, 0.3) is 0 Å². The van der Waals surface area contributed by atoms with Gasteiger partial charge in [-0.3, -0.25) is 4.68 Å². The zero-order valence-electron chi connectivity index (χ0n) is 12.2. The fourth-order valence-corrected chi connectivity index (χ4v) is 2.43. The molecule has 0 spiro atoms. The van der Waals surface area contributed by atoms with Gasteiger partial charge in [0.1, 0.15) is 5.82 Å². The van der Waals surface area contributed by atoms with E-state index in [0.29, 0.717) is 17.9 Å². The first-order chi connectivity index (χ1) is 9.60. The van der Waals surface area contributed by atoms with Gasteiger partial charge < -0.3 is 10.6 Å². The molecule has 0 radical (unpaired) electrons. The van der Waals surface area contributed by atoms with Gasteiger partial charge in [0, 0.05) is 13.6 Å². The standard InChI is InChI=1S/C15H21FN4/c1-4-8-12-14(17)15(19(3)18-12)20(5-2)13-10-7-6-9-11(13)16/h6-7,9-10H,4-5,8,17H2,1-3H3. The Balaban J connectivity index is 2.50. The van der Waals surface area contributed by atoms with E-state index in [1.54, 1.807) is 16.8 Å². The molecule has 0 atom stereocenters. The van der Waals surface area contributed by atoms with Gasteiger partial charge in [0.2, 0.25) is 0 Å². The molecule has 0 aliphatic rings. The van der Waals surface area contributed by atoms with E-state index < -0.39 is 0 Å². The molecule has 108 valence electrons. The van der Waals surface area contributed by atoms with Gasteiger partial charge in [-0.05, 0) is 25.5 Å². The van der Waals surface area contributed by atoms with Gasteiger partial charge in [0.15, 0.2) is 5.82 Å². The van der Waals surface area contributed by atoms with Gasteiger partial charge in [-0.15, -0.1) is 0 Å². The van der Waals surface area contributed by atoms with Crippen molar-refractivity contribution in [3.8, 4) is 0 Å². The van der Waals surface area contributed by atoms with Crippen LogP contribution in [-0.2, 0) is 13.5 Å². The molecule has 0 bridgehead atoms. The lowest BCUT2D eigenvalue weighted by atomic mass is 10.2. The summed E-state index contributed by atoms with van der Waals surface area (Å²) < 4.78 is 15.8. The highest BCUT2D eigenvalue weighted by Gasteiger charge is 2.21. The number of rotatable bonds is 5. The maximum absolute atomic E-state index is 14.0. The number of nitrogen functional groups attached to an aromatic ring is 1. The maximum Gasteiger partial charge on any atom is 0.154 e. The first-order valence-corrected chi connectivity index (χ1v) is 6.93. The van der Waals surface area contributed by atoms with Crippen LogP contribution in [0.5, 0.6) is 0 Å². The molecule has 0 aliphatic heterocycles. The van der Waals surface area contributed by atoms with Gasteiger partial charge >= 0.3 is 0 Å². The second-order valence-electron chi connectivity index (χ2n) is 4.75. The summed E-state index contributed by atoms with van der Waals surface area (Å²) in [7, 11) is 1.84. The Morgan fingerprint density at radius 3 is 2.60 bits per heavy atom. The number of nitrogens with two attached hydrogens (primary N) is 1. The number of para-hydroxylation sites is 1. The molecule has 0 unspecified atom stereocenters. The quantitative estimate of drug-likeness (QED) is 0.912. The number of halogens is 1. The van der Waals surface area contributed by atoms with Crippen LogP contribution in [0.3, 0.4) is 0 Å². The Hall–Kier alpha value is -2.04. The number of anilines is 3. The number of aryl methyl sites for hydroxylation is 2. The summed E-state index contributed by atoms with van der Waals surface area (Å²) in [4.78, 5) is 1.86. The third kappa shape index (κ3) is 2.48. The van der Waals surface area contributed by atoms with Crippen LogP contribution in [0.1, 0.15) is 26.0 Å². The van der Waals surface area contributed by atoms with Crippen LogP contribution in [0.15, 0.2) is 24.3 Å². The van der Waals surface area contributed by atoms with Crippen molar-refractivity contribution in [2.45, 2.75) is 26.7 Å². The number of aromatic nitrogens is 2. The molecule has 2 aromatic rings. The van der Waals surface area contributed by atoms with Crippen molar-refractivity contribution in [1.29, 1.82) is 0 Å². The summed E-state index contributed by atoms with van der Waals surface area (Å²) in [6.07, 6.45) is 1.81. The Labute approximate surface area is 119 Å². The zero-order valence-corrected chi connectivity index (χ0v) is 12.2. The minimum atomic E-state index is -0.257. The molecule has 0 amide bonds. The molecule has 2 rings (SSSR count). The van der Waals surface area contributed by atoms with E-state index in [1.165, 1.54) is 6.07 Å². The highest BCUT2D eigenvalue weighted by molar-refractivity contribution is 5.73. The summed E-state index contributed by atoms with van der Waals surface area (Å²) in [6.45, 7) is 4.68. The second kappa shape index (κ2) is 5.94. The Kier molecular flexibility index (Phi) is 4.27. The SMILES string of the molecule is CCCc1nn(C)c(N(CC)c2ccccc2F)c1N. The lowest BCUT2D eigenvalue weighted by molar-refractivity contribution is 0.623. The van der Waals surface area contributed by atoms with Crippen LogP contribution in [0.2, 0.25) is 0 Å². The summed E-state index contributed by atoms with van der Waals surface area (Å²) in [5, 5.41) is 4.45. The number of hydrogen-bond acceptors (Lipinski definition) is 3. The Morgan fingerprint density at radius 2 is 2.00 bits per heavy atom. The first kappa shape index (κ1) is 14.4. The normalized spacial score (nSPS) is 10.8. The highest BCUT2D eigenvalue weighted by atomic mass is 19.1. The summed E-state index contributed by atoms with van der Waals surface area (Å²) in [5.41, 5.74) is 8.24. The lowest BCUT2D eigenvalue weighted by Gasteiger charge is -2.24. The minimum absolute atomic E-state index is 0.257. The van der Waals surface area contributed by atoms with Crippen molar-refractivity contribution in [1.82, 2.24) is 9.78 Å². The van der Waals surface area contributed by atoms with Gasteiger partial charge in [0.05, 0.1) is 17.1 Å². The Morgan fingerprint density at radius 1 is 1.30 bits per heavy atom. The largest absolute Gasteiger partial charge is 0.394 e. The minimum Gasteiger partial charge on any atom is -0.394 e. The van der Waals surface area contributed by atoms with Gasteiger partial charge in [-0.2, -0.15) is 5.10 Å². The average Bonchev–Trinajstić information content (AvgIpc) is 2.70. The highest BCUT2D eigenvalue weighted by Crippen LogP contribution is 2.33. The molecule has 4 nitrogen and oxygen atoms in total. The maximum atomic E-state index is 14.0. The molecule has 0 saturated heterocycles. The van der Waals surface area contributed by atoms with Crippen LogP contribution >= 0.6 is 0 Å². The predicted octanol–water partition coefficient (Wildman–Crippen LogP) is 3.25. The number of nitrogens with zero attached hydrogens (tertiary/aromatic N) is 3. The smallest absolute Gasteiger partial charge is 0.154 e. The second-order valence-corrected chi connectivity index (χ2v) is 4.75. The fraction of sp³-hybridized carbons (Fsp3) is 0.400. The third-order valence-corrected chi connectivity index (χ3v) is 3.33. The average molecular weight is 276 g/mol. The van der Waals surface area contributed by atoms with E-state index in [1.807, 2.05) is 24.9 Å². The van der Waals surface area contributed by atoms with Crippen LogP contribution in [0, 0.1) is 5.82 Å². The van der Waals surface area contributed by atoms with Crippen LogP contribution in [-0.4, -0.2) is 16.3 Å². The molecule has 0 aliphatic carbocycles. The number of benzene rings is 1. The first-order valence-electron chi connectivity index (χ1n) is 6.93. The Bertz CT molecular complexity index is 592. The molecule has 5 heteroatoms. The van der Waals surface area contributed by atoms with E-state index in [9.17, 15) is 4.39 Å². The summed E-state index contributed by atoms with van der Waals surface area (Å²) in [5.74, 6) is 0.494. The van der Waals surface area contributed by atoms with Gasteiger partial charge in [-0.1, -0.05) is 25.5 Å². The van der Waals surface area contributed by atoms with Crippen molar-refractivity contribution in [3.05, 3.63) is 35.8 Å². The van der Waals surface area contributed by atoms with E-state index in [4.69, 9.17) is 5.73 Å². The van der Waals surface area contributed by atoms with E-state index >= 15 is 0 Å². The zero-order chi connectivity index (χ0) is 14.7. The van der Waals surface area contributed by atoms with Crippen LogP contribution in [0.4, 0.5) is 21.6 Å².